The van der Waals surface area contributed by atoms with Crippen LogP contribution in [0.2, 0.25) is 0 Å². The number of hydrogen-bond acceptors (Lipinski definition) is 2. The molecule has 0 saturated carbocycles. The molecular weight excluding hydrogens is 200 g/mol. The minimum absolute atomic E-state index is 0.260. The van der Waals surface area contributed by atoms with Gasteiger partial charge in [-0.1, -0.05) is 6.92 Å². The summed E-state index contributed by atoms with van der Waals surface area (Å²) in [6, 6.07) is 0.403. The fourth-order valence-electron chi connectivity index (χ4n) is 2.59. The van der Waals surface area contributed by atoms with Crippen molar-refractivity contribution in [3.05, 3.63) is 11.1 Å². The fourth-order valence-corrected chi connectivity index (χ4v) is 2.59. The Morgan fingerprint density at radius 3 is 2.56 bits per heavy atom. The van der Waals surface area contributed by atoms with Crippen LogP contribution in [0.1, 0.15) is 33.6 Å². The van der Waals surface area contributed by atoms with Crippen LogP contribution >= 0.6 is 0 Å². The first kappa shape index (κ1) is 11.6. The molecule has 2 fully saturated rings. The van der Waals surface area contributed by atoms with Crippen molar-refractivity contribution in [2.75, 3.05) is 19.6 Å². The molecular formula is C13H22N2O. The summed E-state index contributed by atoms with van der Waals surface area (Å²) in [5.74, 6) is 1.02. The number of carbonyl (C=O) groups is 1. The standard InChI is InChI=1S/C13H22N2O/c1-9-4-5-15(10(2)6-9)13(16)11(3)12-7-14-8-12/h9-10,14H,4-8H2,1-3H3. The molecule has 16 heavy (non-hydrogen) atoms. The lowest BCUT2D eigenvalue weighted by Crippen LogP contribution is -2.46. The van der Waals surface area contributed by atoms with Crippen molar-refractivity contribution in [2.24, 2.45) is 5.92 Å². The lowest BCUT2D eigenvalue weighted by molar-refractivity contribution is -0.130. The Bertz CT molecular complexity index is 316. The van der Waals surface area contributed by atoms with Gasteiger partial charge in [-0.2, -0.15) is 0 Å². The van der Waals surface area contributed by atoms with Crippen molar-refractivity contribution in [3.63, 3.8) is 0 Å². The van der Waals surface area contributed by atoms with Crippen molar-refractivity contribution >= 4 is 5.91 Å². The summed E-state index contributed by atoms with van der Waals surface area (Å²) in [4.78, 5) is 14.3. The topological polar surface area (TPSA) is 32.3 Å². The number of piperidine rings is 1. The predicted molar refractivity (Wildman–Crippen MR) is 65.1 cm³/mol. The molecule has 1 N–H and O–H groups in total. The third-order valence-corrected chi connectivity index (χ3v) is 3.93. The van der Waals surface area contributed by atoms with E-state index in [9.17, 15) is 4.79 Å². The van der Waals surface area contributed by atoms with E-state index in [4.69, 9.17) is 0 Å². The van der Waals surface area contributed by atoms with E-state index in [2.05, 4.69) is 24.1 Å². The van der Waals surface area contributed by atoms with Gasteiger partial charge in [-0.25, -0.2) is 0 Å². The summed E-state index contributed by atoms with van der Waals surface area (Å²) < 4.78 is 0. The molecule has 0 spiro atoms. The molecule has 2 aliphatic rings. The molecule has 2 atom stereocenters. The Morgan fingerprint density at radius 1 is 1.38 bits per heavy atom. The van der Waals surface area contributed by atoms with Gasteiger partial charge in [-0.3, -0.25) is 4.79 Å². The molecule has 0 aromatic rings. The van der Waals surface area contributed by atoms with E-state index >= 15 is 0 Å². The molecule has 0 radical (unpaired) electrons. The summed E-state index contributed by atoms with van der Waals surface area (Å²) >= 11 is 0. The first-order valence-corrected chi connectivity index (χ1v) is 6.30. The van der Waals surface area contributed by atoms with Crippen LogP contribution in [-0.4, -0.2) is 36.5 Å². The van der Waals surface area contributed by atoms with Gasteiger partial charge in [0.2, 0.25) is 5.91 Å². The van der Waals surface area contributed by atoms with E-state index in [1.165, 1.54) is 5.57 Å². The summed E-state index contributed by atoms with van der Waals surface area (Å²) in [5.41, 5.74) is 2.26. The van der Waals surface area contributed by atoms with Gasteiger partial charge >= 0.3 is 0 Å². The zero-order valence-electron chi connectivity index (χ0n) is 10.5. The van der Waals surface area contributed by atoms with Crippen LogP contribution in [0.5, 0.6) is 0 Å². The Hall–Kier alpha value is -0.830. The number of rotatable bonds is 1. The van der Waals surface area contributed by atoms with Crippen LogP contribution in [0.25, 0.3) is 0 Å². The van der Waals surface area contributed by atoms with E-state index < -0.39 is 0 Å². The molecule has 90 valence electrons. The average Bonchev–Trinajstić information content (AvgIpc) is 2.14. The van der Waals surface area contributed by atoms with Gasteiger partial charge in [-0.05, 0) is 38.2 Å². The van der Waals surface area contributed by atoms with Gasteiger partial charge in [0.1, 0.15) is 0 Å². The maximum atomic E-state index is 12.3. The van der Waals surface area contributed by atoms with E-state index in [0.717, 1.165) is 44.0 Å². The summed E-state index contributed by atoms with van der Waals surface area (Å²) in [6.45, 7) is 9.15. The van der Waals surface area contributed by atoms with E-state index in [1.807, 2.05) is 6.92 Å². The highest BCUT2D eigenvalue weighted by atomic mass is 16.2. The Kier molecular flexibility index (Phi) is 3.33. The second-order valence-corrected chi connectivity index (χ2v) is 5.31. The molecule has 2 heterocycles. The van der Waals surface area contributed by atoms with Crippen molar-refractivity contribution < 1.29 is 4.79 Å². The van der Waals surface area contributed by atoms with E-state index in [1.54, 1.807) is 0 Å². The van der Waals surface area contributed by atoms with Gasteiger partial charge in [0.05, 0.1) is 0 Å². The lowest BCUT2D eigenvalue weighted by Gasteiger charge is -2.37. The minimum atomic E-state index is 0.260. The molecule has 1 amide bonds. The zero-order chi connectivity index (χ0) is 11.7. The van der Waals surface area contributed by atoms with Crippen molar-refractivity contribution in [1.29, 1.82) is 0 Å². The smallest absolute Gasteiger partial charge is 0.249 e. The molecule has 0 bridgehead atoms. The zero-order valence-corrected chi connectivity index (χ0v) is 10.5. The molecule has 2 unspecified atom stereocenters. The largest absolute Gasteiger partial charge is 0.336 e. The average molecular weight is 222 g/mol. The molecule has 3 nitrogen and oxygen atoms in total. The SMILES string of the molecule is CC(C(=O)N1CCC(C)CC1C)=C1CNC1. The van der Waals surface area contributed by atoms with Crippen molar-refractivity contribution in [1.82, 2.24) is 10.2 Å². The highest BCUT2D eigenvalue weighted by Crippen LogP contribution is 2.24. The van der Waals surface area contributed by atoms with Gasteiger partial charge in [-0.15, -0.1) is 0 Å². The molecule has 0 aliphatic carbocycles. The maximum Gasteiger partial charge on any atom is 0.249 e. The lowest BCUT2D eigenvalue weighted by atomic mass is 9.92. The Balaban J connectivity index is 2.04. The monoisotopic (exact) mass is 222 g/mol. The van der Waals surface area contributed by atoms with Crippen molar-refractivity contribution in [3.8, 4) is 0 Å². The molecule has 2 rings (SSSR count). The number of nitrogens with one attached hydrogen (secondary N) is 1. The van der Waals surface area contributed by atoms with E-state index in [-0.39, 0.29) is 5.91 Å². The van der Waals surface area contributed by atoms with E-state index in [0.29, 0.717) is 6.04 Å². The van der Waals surface area contributed by atoms with Crippen LogP contribution in [0.15, 0.2) is 11.1 Å². The fraction of sp³-hybridized carbons (Fsp3) is 0.769. The number of carbonyl (C=O) groups excluding carboxylic acids is 1. The quantitative estimate of drug-likeness (QED) is 0.683. The normalized spacial score (nSPS) is 29.9. The molecule has 0 aromatic carbocycles. The van der Waals surface area contributed by atoms with Gasteiger partial charge in [0, 0.05) is 31.2 Å². The summed E-state index contributed by atoms with van der Waals surface area (Å²) in [5, 5.41) is 3.19. The summed E-state index contributed by atoms with van der Waals surface area (Å²) in [7, 11) is 0. The summed E-state index contributed by atoms with van der Waals surface area (Å²) in [6.07, 6.45) is 2.30. The predicted octanol–water partition coefficient (Wildman–Crippen LogP) is 1.55. The maximum absolute atomic E-state index is 12.3. The molecule has 2 saturated heterocycles. The molecule has 3 heteroatoms. The first-order chi connectivity index (χ1) is 7.59. The van der Waals surface area contributed by atoms with Gasteiger partial charge < -0.3 is 10.2 Å². The minimum Gasteiger partial charge on any atom is -0.336 e. The number of amides is 1. The first-order valence-electron chi connectivity index (χ1n) is 6.30. The van der Waals surface area contributed by atoms with Gasteiger partial charge in [0.15, 0.2) is 0 Å². The number of likely N-dealkylation sites (tertiary alicyclic amines) is 1. The highest BCUT2D eigenvalue weighted by molar-refractivity contribution is 5.94. The van der Waals surface area contributed by atoms with Crippen LogP contribution in [0.3, 0.4) is 0 Å². The second kappa shape index (κ2) is 4.58. The third kappa shape index (κ3) is 2.14. The van der Waals surface area contributed by atoms with Crippen LogP contribution in [0, 0.1) is 5.92 Å². The third-order valence-electron chi connectivity index (χ3n) is 3.93. The number of nitrogens with zero attached hydrogens (tertiary/aromatic N) is 1. The Labute approximate surface area is 97.9 Å². The van der Waals surface area contributed by atoms with Gasteiger partial charge in [0.25, 0.3) is 0 Å². The van der Waals surface area contributed by atoms with Crippen LogP contribution < -0.4 is 5.32 Å². The molecule has 2 aliphatic heterocycles. The second-order valence-electron chi connectivity index (χ2n) is 5.31. The van der Waals surface area contributed by atoms with Crippen molar-refractivity contribution in [2.45, 2.75) is 39.7 Å². The van der Waals surface area contributed by atoms with Crippen LogP contribution in [-0.2, 0) is 4.79 Å². The Morgan fingerprint density at radius 2 is 2.06 bits per heavy atom. The van der Waals surface area contributed by atoms with Crippen LogP contribution in [0.4, 0.5) is 0 Å². The highest BCUT2D eigenvalue weighted by Gasteiger charge is 2.28. The molecule has 0 aromatic heterocycles. The number of hydrogen-bond donors (Lipinski definition) is 1.